The molecular formula is C15H18F4O4. The Bertz CT molecular complexity index is 559. The molecule has 0 saturated carbocycles. The number of rotatable bonds is 6. The van der Waals surface area contributed by atoms with Gasteiger partial charge in [0.05, 0.1) is 13.7 Å². The van der Waals surface area contributed by atoms with Crippen LogP contribution < -0.4 is 4.74 Å². The van der Waals surface area contributed by atoms with Crippen LogP contribution in [0, 0.1) is 5.82 Å². The molecule has 0 amide bonds. The summed E-state index contributed by atoms with van der Waals surface area (Å²) in [4.78, 5) is 11.6. The lowest BCUT2D eigenvalue weighted by atomic mass is 9.86. The highest BCUT2D eigenvalue weighted by Gasteiger charge is 2.61. The van der Waals surface area contributed by atoms with Gasteiger partial charge in [0.1, 0.15) is 0 Å². The van der Waals surface area contributed by atoms with Gasteiger partial charge in [0.15, 0.2) is 11.6 Å². The van der Waals surface area contributed by atoms with Gasteiger partial charge in [-0.1, -0.05) is 19.1 Å². The molecule has 0 aliphatic rings. The quantitative estimate of drug-likeness (QED) is 0.639. The van der Waals surface area contributed by atoms with Crippen LogP contribution in [0.5, 0.6) is 5.75 Å². The number of methoxy groups -OCH3 is 1. The number of hydrogen-bond donors (Lipinski definition) is 1. The molecule has 1 N–H and O–H groups in total. The number of alkyl halides is 3. The molecule has 4 nitrogen and oxygen atoms in total. The molecular weight excluding hydrogens is 320 g/mol. The Labute approximate surface area is 131 Å². The van der Waals surface area contributed by atoms with Gasteiger partial charge in [0, 0.05) is 6.42 Å². The third-order valence-corrected chi connectivity index (χ3v) is 3.43. The highest BCUT2D eigenvalue weighted by molar-refractivity contribution is 5.80. The summed E-state index contributed by atoms with van der Waals surface area (Å²) in [5.41, 5.74) is -3.81. The number of aliphatic hydroxyl groups is 1. The number of benzene rings is 1. The Morgan fingerprint density at radius 3 is 2.43 bits per heavy atom. The van der Waals surface area contributed by atoms with Crippen LogP contribution in [0.4, 0.5) is 17.6 Å². The van der Waals surface area contributed by atoms with Crippen molar-refractivity contribution in [3.63, 3.8) is 0 Å². The van der Waals surface area contributed by atoms with Crippen molar-refractivity contribution in [2.24, 2.45) is 0 Å². The summed E-state index contributed by atoms with van der Waals surface area (Å²) in [5.74, 6) is -3.89. The Morgan fingerprint density at radius 2 is 1.96 bits per heavy atom. The first-order valence-electron chi connectivity index (χ1n) is 6.87. The average Bonchev–Trinajstić information content (AvgIpc) is 2.46. The molecule has 0 aliphatic heterocycles. The Hall–Kier alpha value is -1.83. The first-order chi connectivity index (χ1) is 10.6. The van der Waals surface area contributed by atoms with E-state index in [9.17, 15) is 27.5 Å². The molecule has 1 aromatic carbocycles. The second-order valence-corrected chi connectivity index (χ2v) is 5.05. The van der Waals surface area contributed by atoms with E-state index in [2.05, 4.69) is 4.74 Å². The number of hydrogen-bond acceptors (Lipinski definition) is 4. The highest BCUT2D eigenvalue weighted by atomic mass is 19.4. The molecule has 23 heavy (non-hydrogen) atoms. The summed E-state index contributed by atoms with van der Waals surface area (Å²) in [5, 5.41) is 9.84. The van der Waals surface area contributed by atoms with E-state index in [-0.39, 0.29) is 17.9 Å². The molecule has 0 fully saturated rings. The predicted octanol–water partition coefficient (Wildman–Crippen LogP) is 3.18. The van der Waals surface area contributed by atoms with Crippen LogP contribution in [0.1, 0.15) is 31.7 Å². The summed E-state index contributed by atoms with van der Waals surface area (Å²) >= 11 is 0. The summed E-state index contributed by atoms with van der Waals surface area (Å²) in [7, 11) is 1.22. The Morgan fingerprint density at radius 1 is 1.35 bits per heavy atom. The van der Waals surface area contributed by atoms with Gasteiger partial charge >= 0.3 is 12.1 Å². The highest BCUT2D eigenvalue weighted by Crippen LogP contribution is 2.40. The number of halogens is 4. The minimum Gasteiger partial charge on any atom is -0.494 e. The molecule has 1 aromatic rings. The molecule has 0 bridgehead atoms. The molecule has 0 spiro atoms. The van der Waals surface area contributed by atoms with Gasteiger partial charge in [-0.05, 0) is 24.5 Å². The standard InChI is InChI=1S/C15H18F4O4/c1-4-23-13(20)14(21,15(17,18)19)8-9(2)10-6-5-7-11(22-3)12(10)16/h5-7,9,21H,4,8H2,1-3H3. The van der Waals surface area contributed by atoms with Crippen LogP contribution in [-0.4, -0.2) is 36.6 Å². The summed E-state index contributed by atoms with van der Waals surface area (Å²) in [6.45, 7) is 2.27. The molecule has 2 unspecified atom stereocenters. The molecule has 0 heterocycles. The molecule has 1 rings (SSSR count). The molecule has 0 aromatic heterocycles. The number of ether oxygens (including phenoxy) is 2. The third kappa shape index (κ3) is 3.93. The van der Waals surface area contributed by atoms with Gasteiger partial charge in [-0.15, -0.1) is 0 Å². The fraction of sp³-hybridized carbons (Fsp3) is 0.533. The lowest BCUT2D eigenvalue weighted by Gasteiger charge is -2.30. The van der Waals surface area contributed by atoms with Crippen molar-refractivity contribution >= 4 is 5.97 Å². The first-order valence-corrected chi connectivity index (χ1v) is 6.87. The van der Waals surface area contributed by atoms with Crippen molar-refractivity contribution in [2.75, 3.05) is 13.7 Å². The van der Waals surface area contributed by atoms with Gasteiger partial charge in [-0.25, -0.2) is 9.18 Å². The van der Waals surface area contributed by atoms with Crippen LogP contribution in [0.15, 0.2) is 18.2 Å². The van der Waals surface area contributed by atoms with Crippen LogP contribution in [-0.2, 0) is 9.53 Å². The van der Waals surface area contributed by atoms with E-state index < -0.39 is 35.9 Å². The maximum absolute atomic E-state index is 14.1. The normalized spacial score (nSPS) is 15.7. The summed E-state index contributed by atoms with van der Waals surface area (Å²) < 4.78 is 62.6. The van der Waals surface area contributed by atoms with E-state index in [1.807, 2.05) is 0 Å². The zero-order chi connectivity index (χ0) is 17.8. The van der Waals surface area contributed by atoms with E-state index in [4.69, 9.17) is 4.74 Å². The van der Waals surface area contributed by atoms with Crippen molar-refractivity contribution in [2.45, 2.75) is 38.0 Å². The minimum atomic E-state index is -5.25. The third-order valence-electron chi connectivity index (χ3n) is 3.43. The fourth-order valence-electron chi connectivity index (χ4n) is 2.18. The SMILES string of the molecule is CCOC(=O)C(O)(CC(C)c1cccc(OC)c1F)C(F)(F)F. The maximum atomic E-state index is 14.1. The van der Waals surface area contributed by atoms with Crippen molar-refractivity contribution in [1.29, 1.82) is 0 Å². The molecule has 0 radical (unpaired) electrons. The molecule has 0 saturated heterocycles. The topological polar surface area (TPSA) is 55.8 Å². The minimum absolute atomic E-state index is 0.101. The maximum Gasteiger partial charge on any atom is 0.428 e. The van der Waals surface area contributed by atoms with Crippen molar-refractivity contribution in [1.82, 2.24) is 0 Å². The number of carbonyl (C=O) groups excluding carboxylic acids is 1. The summed E-state index contributed by atoms with van der Waals surface area (Å²) in [6, 6.07) is 3.99. The van der Waals surface area contributed by atoms with E-state index in [0.29, 0.717) is 0 Å². The number of esters is 1. The molecule has 8 heteroatoms. The monoisotopic (exact) mass is 338 g/mol. The lowest BCUT2D eigenvalue weighted by Crippen LogP contribution is -2.53. The van der Waals surface area contributed by atoms with Gasteiger partial charge in [-0.2, -0.15) is 13.2 Å². The molecule has 130 valence electrons. The fourth-order valence-corrected chi connectivity index (χ4v) is 2.18. The van der Waals surface area contributed by atoms with Gasteiger partial charge in [-0.3, -0.25) is 0 Å². The number of carbonyl (C=O) groups is 1. The van der Waals surface area contributed by atoms with E-state index >= 15 is 0 Å². The van der Waals surface area contributed by atoms with E-state index in [1.165, 1.54) is 39.2 Å². The van der Waals surface area contributed by atoms with E-state index in [0.717, 1.165) is 0 Å². The van der Waals surface area contributed by atoms with Crippen LogP contribution in [0.2, 0.25) is 0 Å². The average molecular weight is 338 g/mol. The van der Waals surface area contributed by atoms with Gasteiger partial charge in [0.25, 0.3) is 5.60 Å². The first kappa shape index (κ1) is 19.2. The van der Waals surface area contributed by atoms with Gasteiger partial charge in [0.2, 0.25) is 0 Å². The predicted molar refractivity (Wildman–Crippen MR) is 73.6 cm³/mol. The van der Waals surface area contributed by atoms with Crippen molar-refractivity contribution < 1.29 is 36.9 Å². The summed E-state index contributed by atoms with van der Waals surface area (Å²) in [6.07, 6.45) is -6.32. The van der Waals surface area contributed by atoms with E-state index in [1.54, 1.807) is 0 Å². The Kier molecular flexibility index (Phi) is 5.98. The van der Waals surface area contributed by atoms with Crippen LogP contribution in [0.3, 0.4) is 0 Å². The Balaban J connectivity index is 3.17. The van der Waals surface area contributed by atoms with Crippen molar-refractivity contribution in [3.8, 4) is 5.75 Å². The van der Waals surface area contributed by atoms with Gasteiger partial charge < -0.3 is 14.6 Å². The van der Waals surface area contributed by atoms with Crippen LogP contribution >= 0.6 is 0 Å². The second kappa shape index (κ2) is 7.16. The molecule has 2 atom stereocenters. The zero-order valence-electron chi connectivity index (χ0n) is 12.9. The smallest absolute Gasteiger partial charge is 0.428 e. The van der Waals surface area contributed by atoms with Crippen molar-refractivity contribution in [3.05, 3.63) is 29.6 Å². The second-order valence-electron chi connectivity index (χ2n) is 5.05. The molecule has 0 aliphatic carbocycles. The largest absolute Gasteiger partial charge is 0.494 e. The lowest BCUT2D eigenvalue weighted by molar-refractivity contribution is -0.265. The van der Waals surface area contributed by atoms with Crippen LogP contribution in [0.25, 0.3) is 0 Å². The zero-order valence-corrected chi connectivity index (χ0v) is 12.9.